The highest BCUT2D eigenvalue weighted by Gasteiger charge is 2.46. The minimum atomic E-state index is 0.345. The lowest BCUT2D eigenvalue weighted by Crippen LogP contribution is -2.60. The summed E-state index contributed by atoms with van der Waals surface area (Å²) in [6.45, 7) is 6.88. The largest absolute Gasteiger partial charge is 0.497 e. The Morgan fingerprint density at radius 1 is 1.32 bits per heavy atom. The lowest BCUT2D eigenvalue weighted by atomic mass is 9.90. The molecule has 3 nitrogen and oxygen atoms in total. The van der Waals surface area contributed by atoms with Gasteiger partial charge in [-0.1, -0.05) is 12.1 Å². The Balaban J connectivity index is 1.72. The Morgan fingerprint density at radius 3 is 2.68 bits per heavy atom. The molecule has 1 aliphatic heterocycles. The average molecular weight is 260 g/mol. The van der Waals surface area contributed by atoms with Crippen molar-refractivity contribution in [2.24, 2.45) is 5.92 Å². The first-order chi connectivity index (χ1) is 9.22. The molecule has 1 aliphatic carbocycles. The predicted octanol–water partition coefficient (Wildman–Crippen LogP) is 2.27. The number of methoxy groups -OCH3 is 1. The Kier molecular flexibility index (Phi) is 3.50. The van der Waals surface area contributed by atoms with Crippen molar-refractivity contribution in [1.29, 1.82) is 0 Å². The van der Waals surface area contributed by atoms with Crippen molar-refractivity contribution in [1.82, 2.24) is 10.2 Å². The third kappa shape index (κ3) is 2.63. The molecule has 104 valence electrons. The smallest absolute Gasteiger partial charge is 0.118 e. The van der Waals surface area contributed by atoms with Crippen LogP contribution in [0.15, 0.2) is 24.3 Å². The molecule has 1 unspecified atom stereocenters. The molecule has 3 heteroatoms. The number of piperazine rings is 1. The molecule has 0 amide bonds. The van der Waals surface area contributed by atoms with E-state index in [2.05, 4.69) is 41.4 Å². The number of hydrogen-bond donors (Lipinski definition) is 1. The zero-order valence-corrected chi connectivity index (χ0v) is 12.0. The second-order valence-corrected chi connectivity index (χ2v) is 6.08. The van der Waals surface area contributed by atoms with Crippen LogP contribution in [0.5, 0.6) is 5.75 Å². The van der Waals surface area contributed by atoms with Crippen LogP contribution in [0.1, 0.15) is 25.3 Å². The van der Waals surface area contributed by atoms with Gasteiger partial charge in [-0.15, -0.1) is 0 Å². The Bertz CT molecular complexity index is 427. The average Bonchev–Trinajstić information content (AvgIpc) is 3.27. The first kappa shape index (κ1) is 12.9. The number of hydrogen-bond acceptors (Lipinski definition) is 3. The van der Waals surface area contributed by atoms with Crippen LogP contribution >= 0.6 is 0 Å². The van der Waals surface area contributed by atoms with E-state index in [0.29, 0.717) is 5.54 Å². The minimum Gasteiger partial charge on any atom is -0.497 e. The van der Waals surface area contributed by atoms with Gasteiger partial charge in [-0.2, -0.15) is 0 Å². The molecule has 2 fully saturated rings. The molecule has 1 N–H and O–H groups in total. The molecule has 1 atom stereocenters. The van der Waals surface area contributed by atoms with E-state index < -0.39 is 0 Å². The van der Waals surface area contributed by atoms with E-state index in [9.17, 15) is 0 Å². The van der Waals surface area contributed by atoms with Gasteiger partial charge in [0.2, 0.25) is 0 Å². The molecule has 1 saturated heterocycles. The molecule has 1 saturated carbocycles. The van der Waals surface area contributed by atoms with Crippen LogP contribution in [-0.2, 0) is 6.54 Å². The molecular formula is C16H24N2O. The maximum Gasteiger partial charge on any atom is 0.118 e. The van der Waals surface area contributed by atoms with Gasteiger partial charge in [0, 0.05) is 31.7 Å². The van der Waals surface area contributed by atoms with E-state index in [4.69, 9.17) is 4.74 Å². The molecular weight excluding hydrogens is 236 g/mol. The highest BCUT2D eigenvalue weighted by molar-refractivity contribution is 5.27. The van der Waals surface area contributed by atoms with Gasteiger partial charge in [0.05, 0.1) is 7.11 Å². The quantitative estimate of drug-likeness (QED) is 0.899. The second kappa shape index (κ2) is 5.14. The molecule has 0 aromatic heterocycles. The van der Waals surface area contributed by atoms with Crippen LogP contribution < -0.4 is 10.1 Å². The summed E-state index contributed by atoms with van der Waals surface area (Å²) in [6.07, 6.45) is 2.80. The molecule has 2 aliphatic rings. The lowest BCUT2D eigenvalue weighted by molar-refractivity contribution is 0.0484. The van der Waals surface area contributed by atoms with E-state index in [1.807, 2.05) is 0 Å². The van der Waals surface area contributed by atoms with E-state index in [1.54, 1.807) is 7.11 Å². The summed E-state index contributed by atoms with van der Waals surface area (Å²) in [5.41, 5.74) is 1.73. The van der Waals surface area contributed by atoms with Crippen LogP contribution in [0.25, 0.3) is 0 Å². The monoisotopic (exact) mass is 260 g/mol. The van der Waals surface area contributed by atoms with Gasteiger partial charge >= 0.3 is 0 Å². The first-order valence-electron chi connectivity index (χ1n) is 7.31. The van der Waals surface area contributed by atoms with Gasteiger partial charge in [-0.05, 0) is 43.4 Å². The van der Waals surface area contributed by atoms with Crippen LogP contribution in [0.3, 0.4) is 0 Å². The van der Waals surface area contributed by atoms with Crippen molar-refractivity contribution in [3.05, 3.63) is 29.8 Å². The maximum atomic E-state index is 5.22. The van der Waals surface area contributed by atoms with E-state index in [-0.39, 0.29) is 0 Å². The Morgan fingerprint density at radius 2 is 2.05 bits per heavy atom. The molecule has 0 bridgehead atoms. The third-order valence-corrected chi connectivity index (χ3v) is 4.75. The van der Waals surface area contributed by atoms with Gasteiger partial charge in [0.1, 0.15) is 5.75 Å². The number of rotatable bonds is 4. The fourth-order valence-corrected chi connectivity index (χ4v) is 3.24. The number of nitrogens with zero attached hydrogens (tertiary/aromatic N) is 1. The molecule has 1 aromatic rings. The standard InChI is InChI=1S/C16H24N2O/c1-16(14-5-6-14)12-17-9-10-18(16)11-13-3-7-15(19-2)8-4-13/h3-4,7-8,14,17H,5-6,9-12H2,1-2H3. The topological polar surface area (TPSA) is 24.5 Å². The zero-order valence-electron chi connectivity index (χ0n) is 12.0. The summed E-state index contributed by atoms with van der Waals surface area (Å²) >= 11 is 0. The van der Waals surface area contributed by atoms with Crippen molar-refractivity contribution in [3.63, 3.8) is 0 Å². The van der Waals surface area contributed by atoms with Gasteiger partial charge in [-0.3, -0.25) is 4.90 Å². The highest BCUT2D eigenvalue weighted by Crippen LogP contribution is 2.44. The van der Waals surface area contributed by atoms with E-state index >= 15 is 0 Å². The van der Waals surface area contributed by atoms with Crippen molar-refractivity contribution < 1.29 is 4.74 Å². The molecule has 3 rings (SSSR count). The van der Waals surface area contributed by atoms with Gasteiger partial charge in [0.25, 0.3) is 0 Å². The Labute approximate surface area is 115 Å². The second-order valence-electron chi connectivity index (χ2n) is 6.08. The lowest BCUT2D eigenvalue weighted by Gasteiger charge is -2.46. The Hall–Kier alpha value is -1.06. The summed E-state index contributed by atoms with van der Waals surface area (Å²) < 4.78 is 5.22. The first-order valence-corrected chi connectivity index (χ1v) is 7.31. The fourth-order valence-electron chi connectivity index (χ4n) is 3.24. The van der Waals surface area contributed by atoms with Crippen molar-refractivity contribution in [2.75, 3.05) is 26.7 Å². The summed E-state index contributed by atoms with van der Waals surface area (Å²) in [5, 5.41) is 3.57. The van der Waals surface area contributed by atoms with E-state index in [1.165, 1.54) is 18.4 Å². The number of ether oxygens (including phenoxy) is 1. The minimum absolute atomic E-state index is 0.345. The number of benzene rings is 1. The van der Waals surface area contributed by atoms with Crippen LogP contribution in [0.4, 0.5) is 0 Å². The van der Waals surface area contributed by atoms with Crippen molar-refractivity contribution >= 4 is 0 Å². The van der Waals surface area contributed by atoms with Crippen molar-refractivity contribution in [3.8, 4) is 5.75 Å². The normalized spacial score (nSPS) is 28.3. The number of nitrogens with one attached hydrogen (secondary N) is 1. The summed E-state index contributed by atoms with van der Waals surface area (Å²) in [7, 11) is 1.72. The molecule has 0 spiro atoms. The predicted molar refractivity (Wildman–Crippen MR) is 77.4 cm³/mol. The molecule has 19 heavy (non-hydrogen) atoms. The van der Waals surface area contributed by atoms with Crippen LogP contribution in [0, 0.1) is 5.92 Å². The maximum absolute atomic E-state index is 5.22. The fraction of sp³-hybridized carbons (Fsp3) is 0.625. The molecule has 0 radical (unpaired) electrons. The summed E-state index contributed by atoms with van der Waals surface area (Å²) in [4.78, 5) is 2.67. The third-order valence-electron chi connectivity index (χ3n) is 4.75. The van der Waals surface area contributed by atoms with Crippen LogP contribution in [0.2, 0.25) is 0 Å². The van der Waals surface area contributed by atoms with Gasteiger partial charge < -0.3 is 10.1 Å². The van der Waals surface area contributed by atoms with Crippen molar-refractivity contribution in [2.45, 2.75) is 31.8 Å². The highest BCUT2D eigenvalue weighted by atomic mass is 16.5. The molecule has 1 aromatic carbocycles. The SMILES string of the molecule is COc1ccc(CN2CCNCC2(C)C2CC2)cc1. The molecule has 1 heterocycles. The van der Waals surface area contributed by atoms with Crippen LogP contribution in [-0.4, -0.2) is 37.2 Å². The van der Waals surface area contributed by atoms with Gasteiger partial charge in [-0.25, -0.2) is 0 Å². The summed E-state index contributed by atoms with van der Waals surface area (Å²) in [6, 6.07) is 8.50. The van der Waals surface area contributed by atoms with Gasteiger partial charge in [0.15, 0.2) is 0 Å². The van der Waals surface area contributed by atoms with E-state index in [0.717, 1.165) is 37.8 Å². The summed E-state index contributed by atoms with van der Waals surface area (Å²) in [5.74, 6) is 1.83. The zero-order chi connectivity index (χ0) is 13.3.